The summed E-state index contributed by atoms with van der Waals surface area (Å²) in [5.41, 5.74) is 2.01. The van der Waals surface area contributed by atoms with E-state index in [-0.39, 0.29) is 17.5 Å². The highest BCUT2D eigenvalue weighted by atomic mass is 79.9. The molecule has 0 aromatic heterocycles. The maximum absolute atomic E-state index is 13.1. The Balaban J connectivity index is 1.94. The average Bonchev–Trinajstić information content (AvgIpc) is 2.95. The summed E-state index contributed by atoms with van der Waals surface area (Å²) in [6.07, 6.45) is 0.589. The molecule has 0 radical (unpaired) electrons. The van der Waals surface area contributed by atoms with E-state index in [0.717, 1.165) is 10.2 Å². The molecule has 0 unspecified atom stereocenters. The maximum Gasteiger partial charge on any atom is 0.278 e. The van der Waals surface area contributed by atoms with E-state index in [1.165, 1.54) is 4.90 Å². The van der Waals surface area contributed by atoms with E-state index < -0.39 is 0 Å². The molecular formula is C22H23BrN2O4. The van der Waals surface area contributed by atoms with Gasteiger partial charge in [-0.2, -0.15) is 0 Å². The second kappa shape index (κ2) is 9.71. The third kappa shape index (κ3) is 4.86. The molecule has 29 heavy (non-hydrogen) atoms. The van der Waals surface area contributed by atoms with Gasteiger partial charge in [0, 0.05) is 29.9 Å². The van der Waals surface area contributed by atoms with Crippen molar-refractivity contribution in [3.8, 4) is 5.75 Å². The van der Waals surface area contributed by atoms with Crippen LogP contribution in [0.3, 0.4) is 0 Å². The van der Waals surface area contributed by atoms with Crippen molar-refractivity contribution in [3.63, 3.8) is 0 Å². The number of nitrogens with one attached hydrogen (secondary N) is 1. The summed E-state index contributed by atoms with van der Waals surface area (Å²) in [7, 11) is 1.58. The first-order chi connectivity index (χ1) is 14.0. The van der Waals surface area contributed by atoms with Crippen LogP contribution in [0, 0.1) is 0 Å². The minimum Gasteiger partial charge on any atom is -0.497 e. The Kier molecular flexibility index (Phi) is 7.06. The minimum absolute atomic E-state index is 0.273. The number of amides is 2. The predicted octanol–water partition coefficient (Wildman–Crippen LogP) is 4.08. The summed E-state index contributed by atoms with van der Waals surface area (Å²) >= 11 is 3.43. The number of hydrogen-bond acceptors (Lipinski definition) is 5. The number of halogens is 1. The van der Waals surface area contributed by atoms with E-state index in [2.05, 4.69) is 21.2 Å². The zero-order valence-corrected chi connectivity index (χ0v) is 18.0. The van der Waals surface area contributed by atoms with Gasteiger partial charge in [0.15, 0.2) is 0 Å². The Morgan fingerprint density at radius 2 is 1.83 bits per heavy atom. The van der Waals surface area contributed by atoms with E-state index in [9.17, 15) is 9.59 Å². The lowest BCUT2D eigenvalue weighted by Crippen LogP contribution is -2.34. The first-order valence-corrected chi connectivity index (χ1v) is 10.2. The molecular weight excluding hydrogens is 436 g/mol. The largest absolute Gasteiger partial charge is 0.497 e. The predicted molar refractivity (Wildman–Crippen MR) is 116 cm³/mol. The van der Waals surface area contributed by atoms with Gasteiger partial charge in [0.2, 0.25) is 0 Å². The van der Waals surface area contributed by atoms with Crippen LogP contribution >= 0.6 is 15.9 Å². The Hall–Kier alpha value is -2.64. The molecule has 0 atom stereocenters. The fraction of sp³-hybridized carbons (Fsp3) is 0.273. The lowest BCUT2D eigenvalue weighted by molar-refractivity contribution is -0.137. The first-order valence-electron chi connectivity index (χ1n) is 9.40. The molecule has 2 amide bonds. The molecule has 3 rings (SSSR count). The Labute approximate surface area is 178 Å². The van der Waals surface area contributed by atoms with E-state index in [1.54, 1.807) is 31.4 Å². The van der Waals surface area contributed by atoms with Gasteiger partial charge in [-0.05, 0) is 49.2 Å². The van der Waals surface area contributed by atoms with Crippen LogP contribution < -0.4 is 10.1 Å². The van der Waals surface area contributed by atoms with Crippen LogP contribution in [0.2, 0.25) is 0 Å². The highest BCUT2D eigenvalue weighted by Gasteiger charge is 2.38. The van der Waals surface area contributed by atoms with Crippen LogP contribution in [-0.4, -0.2) is 43.6 Å². The van der Waals surface area contributed by atoms with E-state index in [4.69, 9.17) is 9.47 Å². The lowest BCUT2D eigenvalue weighted by atomic mass is 10.0. The van der Waals surface area contributed by atoms with Gasteiger partial charge < -0.3 is 14.8 Å². The van der Waals surface area contributed by atoms with Crippen LogP contribution in [0.4, 0.5) is 5.69 Å². The molecule has 1 aliphatic heterocycles. The topological polar surface area (TPSA) is 67.9 Å². The van der Waals surface area contributed by atoms with Crippen molar-refractivity contribution in [3.05, 3.63) is 64.3 Å². The average molecular weight is 459 g/mol. The third-order valence-corrected chi connectivity index (χ3v) is 5.01. The zero-order valence-electron chi connectivity index (χ0n) is 16.4. The summed E-state index contributed by atoms with van der Waals surface area (Å²) in [4.78, 5) is 27.5. The van der Waals surface area contributed by atoms with E-state index >= 15 is 0 Å². The summed E-state index contributed by atoms with van der Waals surface area (Å²) in [5.74, 6) is 0.0349. The van der Waals surface area contributed by atoms with Crippen molar-refractivity contribution in [2.45, 2.75) is 13.3 Å². The highest BCUT2D eigenvalue weighted by molar-refractivity contribution is 9.10. The van der Waals surface area contributed by atoms with Crippen LogP contribution in [0.1, 0.15) is 18.9 Å². The van der Waals surface area contributed by atoms with Crippen molar-refractivity contribution >= 4 is 39.0 Å². The molecule has 0 fully saturated rings. The van der Waals surface area contributed by atoms with Gasteiger partial charge in [-0.25, -0.2) is 0 Å². The number of carbonyl (C=O) groups excluding carboxylic acids is 2. The highest BCUT2D eigenvalue weighted by Crippen LogP contribution is 2.32. The van der Waals surface area contributed by atoms with E-state index in [0.29, 0.717) is 43.1 Å². The quantitative estimate of drug-likeness (QED) is 0.452. The fourth-order valence-corrected chi connectivity index (χ4v) is 3.50. The van der Waals surface area contributed by atoms with Gasteiger partial charge in [-0.3, -0.25) is 14.5 Å². The van der Waals surface area contributed by atoms with Gasteiger partial charge in [-0.15, -0.1) is 0 Å². The maximum atomic E-state index is 13.1. The molecule has 2 aromatic carbocycles. The van der Waals surface area contributed by atoms with Gasteiger partial charge in [-0.1, -0.05) is 34.1 Å². The number of benzene rings is 2. The number of rotatable bonds is 9. The van der Waals surface area contributed by atoms with Crippen LogP contribution in [0.5, 0.6) is 5.75 Å². The zero-order chi connectivity index (χ0) is 20.8. The normalized spacial score (nSPS) is 14.0. The number of ether oxygens (including phenoxy) is 2. The monoisotopic (exact) mass is 458 g/mol. The molecule has 7 heteroatoms. The molecule has 0 spiro atoms. The third-order valence-electron chi connectivity index (χ3n) is 4.52. The molecule has 0 saturated heterocycles. The second-order valence-electron chi connectivity index (χ2n) is 6.43. The van der Waals surface area contributed by atoms with Crippen molar-refractivity contribution in [2.75, 3.05) is 32.2 Å². The Bertz CT molecular complexity index is 925. The fourth-order valence-electron chi connectivity index (χ4n) is 3.10. The first kappa shape index (κ1) is 21.1. The molecule has 0 bridgehead atoms. The number of anilines is 1. The van der Waals surface area contributed by atoms with Gasteiger partial charge in [0.25, 0.3) is 11.8 Å². The number of carbonyl (C=O) groups is 2. The molecule has 1 heterocycles. The van der Waals surface area contributed by atoms with Gasteiger partial charge in [0.1, 0.15) is 11.4 Å². The van der Waals surface area contributed by atoms with Gasteiger partial charge in [0.05, 0.1) is 12.7 Å². The van der Waals surface area contributed by atoms with Crippen LogP contribution in [0.25, 0.3) is 5.57 Å². The number of methoxy groups -OCH3 is 1. The summed E-state index contributed by atoms with van der Waals surface area (Å²) in [6.45, 7) is 3.32. The standard InChI is InChI=1S/C22H23BrN2O4/c1-3-29-13-5-12-25-21(26)19(15-8-10-18(28-2)11-9-15)20(22(25)27)24-17-7-4-6-16(23)14-17/h4,6-11,14,24H,3,5,12-13H2,1-2H3. The molecule has 2 aromatic rings. The molecule has 1 aliphatic rings. The SMILES string of the molecule is CCOCCCN1C(=O)C(Nc2cccc(Br)c2)=C(c2ccc(OC)cc2)C1=O. The van der Waals surface area contributed by atoms with Crippen molar-refractivity contribution in [1.82, 2.24) is 4.90 Å². The molecule has 0 saturated carbocycles. The van der Waals surface area contributed by atoms with Gasteiger partial charge >= 0.3 is 0 Å². The van der Waals surface area contributed by atoms with Crippen molar-refractivity contribution in [1.29, 1.82) is 0 Å². The summed E-state index contributed by atoms with van der Waals surface area (Å²) in [6, 6.07) is 14.6. The Morgan fingerprint density at radius 3 is 2.48 bits per heavy atom. The van der Waals surface area contributed by atoms with Crippen LogP contribution in [0.15, 0.2) is 58.7 Å². The summed E-state index contributed by atoms with van der Waals surface area (Å²) in [5, 5.41) is 3.15. The molecule has 152 valence electrons. The number of nitrogens with zero attached hydrogens (tertiary/aromatic N) is 1. The van der Waals surface area contributed by atoms with E-state index in [1.807, 2.05) is 31.2 Å². The molecule has 6 nitrogen and oxygen atoms in total. The lowest BCUT2D eigenvalue weighted by Gasteiger charge is -2.15. The smallest absolute Gasteiger partial charge is 0.278 e. The minimum atomic E-state index is -0.336. The van der Waals surface area contributed by atoms with Crippen molar-refractivity contribution in [2.24, 2.45) is 0 Å². The second-order valence-corrected chi connectivity index (χ2v) is 7.34. The van der Waals surface area contributed by atoms with Crippen LogP contribution in [-0.2, 0) is 14.3 Å². The molecule has 0 aliphatic carbocycles. The number of imide groups is 1. The number of hydrogen-bond donors (Lipinski definition) is 1. The molecule has 1 N–H and O–H groups in total. The Morgan fingerprint density at radius 1 is 1.07 bits per heavy atom. The van der Waals surface area contributed by atoms with Crippen molar-refractivity contribution < 1.29 is 19.1 Å². The summed E-state index contributed by atoms with van der Waals surface area (Å²) < 4.78 is 11.4.